The van der Waals surface area contributed by atoms with E-state index in [1.165, 1.54) is 0 Å². The number of rotatable bonds is 4. The number of nitrogens with zero attached hydrogens (tertiary/aromatic N) is 1. The number of fused-ring (bicyclic) bond motifs is 1. The number of aromatic nitrogens is 1. The second kappa shape index (κ2) is 5.17. The van der Waals surface area contributed by atoms with Gasteiger partial charge in [-0.15, -0.1) is 0 Å². The predicted molar refractivity (Wildman–Crippen MR) is 78.0 cm³/mol. The van der Waals surface area contributed by atoms with Crippen molar-refractivity contribution < 1.29 is 9.59 Å². The van der Waals surface area contributed by atoms with Crippen LogP contribution in [0.1, 0.15) is 24.2 Å². The van der Waals surface area contributed by atoms with Gasteiger partial charge in [0.15, 0.2) is 0 Å². The van der Waals surface area contributed by atoms with E-state index in [-0.39, 0.29) is 0 Å². The molecule has 0 unspecified atom stereocenters. The van der Waals surface area contributed by atoms with E-state index >= 15 is 0 Å². The summed E-state index contributed by atoms with van der Waals surface area (Å²) in [5, 5.41) is 0.749. The molecule has 1 heterocycles. The molecule has 0 aliphatic rings. The summed E-state index contributed by atoms with van der Waals surface area (Å²) in [7, 11) is 0. The molecule has 1 aromatic carbocycles. The van der Waals surface area contributed by atoms with Crippen LogP contribution in [0.2, 0.25) is 0 Å². The van der Waals surface area contributed by atoms with Gasteiger partial charge in [-0.1, -0.05) is 29.8 Å². The second-order valence-corrected chi connectivity index (χ2v) is 5.86. The summed E-state index contributed by atoms with van der Waals surface area (Å²) in [4.78, 5) is 23.0. The molecule has 19 heavy (non-hydrogen) atoms. The van der Waals surface area contributed by atoms with Crippen LogP contribution >= 0.6 is 15.9 Å². The minimum Gasteiger partial charge on any atom is -0.363 e. The first-order valence-corrected chi connectivity index (χ1v) is 6.82. The normalized spacial score (nSPS) is 11.2. The number of ketones is 1. The van der Waals surface area contributed by atoms with Crippen molar-refractivity contribution in [2.45, 2.75) is 20.4 Å². The zero-order valence-electron chi connectivity index (χ0n) is 10.8. The fourth-order valence-corrected chi connectivity index (χ4v) is 2.49. The highest BCUT2D eigenvalue weighted by Crippen LogP contribution is 2.26. The van der Waals surface area contributed by atoms with E-state index in [4.69, 9.17) is 5.73 Å². The van der Waals surface area contributed by atoms with Crippen molar-refractivity contribution in [1.82, 2.24) is 4.57 Å². The van der Waals surface area contributed by atoms with Gasteiger partial charge in [0.1, 0.15) is 0 Å². The number of halogens is 1. The van der Waals surface area contributed by atoms with Gasteiger partial charge in [-0.25, -0.2) is 0 Å². The Balaban J connectivity index is 2.66. The van der Waals surface area contributed by atoms with Gasteiger partial charge in [0.2, 0.25) is 0 Å². The molecular weight excluding hydrogens is 308 g/mol. The van der Waals surface area contributed by atoms with Crippen molar-refractivity contribution >= 4 is 38.5 Å². The smallest absolute Gasteiger partial charge is 0.289 e. The molecule has 0 aliphatic carbocycles. The fourth-order valence-electron chi connectivity index (χ4n) is 2.13. The largest absolute Gasteiger partial charge is 0.363 e. The van der Waals surface area contributed by atoms with Crippen molar-refractivity contribution in [2.24, 2.45) is 11.7 Å². The number of Topliss-reactive ketones (excluding diaryl/α,β-unsaturated/α-hetero) is 1. The number of carbonyl (C=O) groups is 2. The van der Waals surface area contributed by atoms with Crippen molar-refractivity contribution in [1.29, 1.82) is 0 Å². The molecule has 0 saturated carbocycles. The van der Waals surface area contributed by atoms with Gasteiger partial charge in [0.25, 0.3) is 11.7 Å². The molecule has 2 rings (SSSR count). The number of hydrogen-bond acceptors (Lipinski definition) is 2. The van der Waals surface area contributed by atoms with Crippen LogP contribution in [0.15, 0.2) is 28.9 Å². The van der Waals surface area contributed by atoms with Crippen LogP contribution in [0, 0.1) is 5.92 Å². The molecule has 0 atom stereocenters. The van der Waals surface area contributed by atoms with Gasteiger partial charge in [-0.2, -0.15) is 0 Å². The van der Waals surface area contributed by atoms with Crippen LogP contribution < -0.4 is 5.73 Å². The van der Waals surface area contributed by atoms with E-state index in [1.54, 1.807) is 6.20 Å². The molecule has 0 aliphatic heterocycles. The van der Waals surface area contributed by atoms with Crippen molar-refractivity contribution in [3.8, 4) is 0 Å². The average molecular weight is 323 g/mol. The highest BCUT2D eigenvalue weighted by Gasteiger charge is 2.19. The van der Waals surface area contributed by atoms with Gasteiger partial charge in [-0.3, -0.25) is 9.59 Å². The van der Waals surface area contributed by atoms with Gasteiger partial charge in [-0.05, 0) is 24.1 Å². The molecule has 0 bridgehead atoms. The lowest BCUT2D eigenvalue weighted by Crippen LogP contribution is -2.22. The van der Waals surface area contributed by atoms with Crippen molar-refractivity contribution in [2.75, 3.05) is 0 Å². The molecule has 0 saturated heterocycles. The van der Waals surface area contributed by atoms with Crippen molar-refractivity contribution in [3.05, 3.63) is 34.4 Å². The Bertz CT molecular complexity index is 659. The van der Waals surface area contributed by atoms with Crippen LogP contribution in [-0.4, -0.2) is 16.3 Å². The van der Waals surface area contributed by atoms with Crippen LogP contribution in [0.3, 0.4) is 0 Å². The van der Waals surface area contributed by atoms with E-state index < -0.39 is 11.7 Å². The molecule has 0 fully saturated rings. The second-order valence-electron chi connectivity index (χ2n) is 4.94. The quantitative estimate of drug-likeness (QED) is 0.694. The van der Waals surface area contributed by atoms with E-state index in [0.29, 0.717) is 11.5 Å². The fraction of sp³-hybridized carbons (Fsp3) is 0.286. The number of primary amides is 1. The lowest BCUT2D eigenvalue weighted by Gasteiger charge is -2.07. The Kier molecular flexibility index (Phi) is 3.75. The molecule has 100 valence electrons. The SMILES string of the molecule is CC(C)Cn1cc(C(=O)C(N)=O)c2cc(Br)ccc21. The minimum absolute atomic E-state index is 0.365. The van der Waals surface area contributed by atoms with Crippen molar-refractivity contribution in [3.63, 3.8) is 0 Å². The van der Waals surface area contributed by atoms with Gasteiger partial charge in [0, 0.05) is 28.1 Å². The Morgan fingerprint density at radius 2 is 2.05 bits per heavy atom. The number of hydrogen-bond donors (Lipinski definition) is 1. The number of amides is 1. The Morgan fingerprint density at radius 3 is 2.63 bits per heavy atom. The van der Waals surface area contributed by atoms with E-state index in [1.807, 2.05) is 22.8 Å². The number of benzene rings is 1. The molecular formula is C14H15BrN2O2. The molecule has 2 aromatic rings. The predicted octanol–water partition coefficient (Wildman–Crippen LogP) is 2.73. The van der Waals surface area contributed by atoms with Gasteiger partial charge < -0.3 is 10.3 Å². The lowest BCUT2D eigenvalue weighted by atomic mass is 10.1. The van der Waals surface area contributed by atoms with Crippen LogP contribution in [0.5, 0.6) is 0 Å². The third-order valence-corrected chi connectivity index (χ3v) is 3.37. The average Bonchev–Trinajstić information content (AvgIpc) is 2.65. The first-order chi connectivity index (χ1) is 8.90. The first kappa shape index (κ1) is 13.8. The highest BCUT2D eigenvalue weighted by atomic mass is 79.9. The molecule has 1 aromatic heterocycles. The Labute approximate surface area is 119 Å². The lowest BCUT2D eigenvalue weighted by molar-refractivity contribution is -0.114. The summed E-state index contributed by atoms with van der Waals surface area (Å²) in [5.41, 5.74) is 6.40. The third-order valence-electron chi connectivity index (χ3n) is 2.87. The first-order valence-electron chi connectivity index (χ1n) is 6.02. The standard InChI is InChI=1S/C14H15BrN2O2/c1-8(2)6-17-7-11(13(18)14(16)19)10-5-9(15)3-4-12(10)17/h3-5,7-8H,6H2,1-2H3,(H2,16,19). The molecule has 4 nitrogen and oxygen atoms in total. The van der Waals surface area contributed by atoms with E-state index in [2.05, 4.69) is 29.8 Å². The van der Waals surface area contributed by atoms with E-state index in [0.717, 1.165) is 21.9 Å². The minimum atomic E-state index is -0.927. The molecule has 5 heteroatoms. The summed E-state index contributed by atoms with van der Waals surface area (Å²) >= 11 is 3.38. The van der Waals surface area contributed by atoms with Crippen LogP contribution in [-0.2, 0) is 11.3 Å². The summed E-state index contributed by atoms with van der Waals surface area (Å²) in [6.45, 7) is 4.98. The highest BCUT2D eigenvalue weighted by molar-refractivity contribution is 9.10. The monoisotopic (exact) mass is 322 g/mol. The topological polar surface area (TPSA) is 65.1 Å². The Morgan fingerprint density at radius 1 is 1.37 bits per heavy atom. The van der Waals surface area contributed by atoms with Crippen LogP contribution in [0.25, 0.3) is 10.9 Å². The molecule has 2 N–H and O–H groups in total. The zero-order chi connectivity index (χ0) is 14.2. The Hall–Kier alpha value is -1.62. The summed E-state index contributed by atoms with van der Waals surface area (Å²) in [6.07, 6.45) is 1.71. The molecule has 1 amide bonds. The maximum absolute atomic E-state index is 11.9. The summed E-state index contributed by atoms with van der Waals surface area (Å²) < 4.78 is 2.85. The van der Waals surface area contributed by atoms with Crippen LogP contribution in [0.4, 0.5) is 0 Å². The summed E-state index contributed by atoms with van der Waals surface area (Å²) in [6, 6.07) is 5.68. The summed E-state index contributed by atoms with van der Waals surface area (Å²) in [5.74, 6) is -1.13. The number of nitrogens with two attached hydrogens (primary N) is 1. The maximum atomic E-state index is 11.9. The van der Waals surface area contributed by atoms with Gasteiger partial charge >= 0.3 is 0 Å². The zero-order valence-corrected chi connectivity index (χ0v) is 12.4. The molecule has 0 radical (unpaired) electrons. The molecule has 0 spiro atoms. The number of carbonyl (C=O) groups excluding carboxylic acids is 2. The van der Waals surface area contributed by atoms with E-state index in [9.17, 15) is 9.59 Å². The maximum Gasteiger partial charge on any atom is 0.289 e. The third kappa shape index (κ3) is 2.71. The van der Waals surface area contributed by atoms with Gasteiger partial charge in [0.05, 0.1) is 5.56 Å².